The second kappa shape index (κ2) is 5.65. The summed E-state index contributed by atoms with van der Waals surface area (Å²) in [5.41, 5.74) is 3.87. The van der Waals surface area contributed by atoms with Crippen molar-refractivity contribution in [1.82, 2.24) is 10.3 Å². The molecule has 3 aromatic rings. The van der Waals surface area contributed by atoms with Crippen LogP contribution in [0.25, 0.3) is 10.9 Å². The van der Waals surface area contributed by atoms with E-state index in [1.807, 2.05) is 19.1 Å². The lowest BCUT2D eigenvalue weighted by atomic mass is 10.1. The summed E-state index contributed by atoms with van der Waals surface area (Å²) >= 11 is 0. The maximum absolute atomic E-state index is 13.8. The zero-order chi connectivity index (χ0) is 17.7. The van der Waals surface area contributed by atoms with Crippen LogP contribution in [-0.2, 0) is 12.8 Å². The predicted molar refractivity (Wildman–Crippen MR) is 88.0 cm³/mol. The monoisotopic (exact) mass is 344 g/mol. The molecule has 0 radical (unpaired) electrons. The highest BCUT2D eigenvalue weighted by atomic mass is 19.2. The van der Waals surface area contributed by atoms with E-state index in [1.165, 1.54) is 0 Å². The molecule has 0 spiro atoms. The van der Waals surface area contributed by atoms with Crippen LogP contribution >= 0.6 is 0 Å². The van der Waals surface area contributed by atoms with Crippen LogP contribution in [0, 0.1) is 24.4 Å². The molecule has 1 amide bonds. The molecule has 2 N–H and O–H groups in total. The molecule has 6 heteroatoms. The van der Waals surface area contributed by atoms with Gasteiger partial charge in [0.25, 0.3) is 5.91 Å². The van der Waals surface area contributed by atoms with Crippen LogP contribution in [-0.4, -0.2) is 16.9 Å². The number of halogens is 3. The number of hydrogen-bond donors (Lipinski definition) is 2. The number of aromatic amines is 1. The fourth-order valence-corrected chi connectivity index (χ4v) is 3.46. The average molecular weight is 344 g/mol. The quantitative estimate of drug-likeness (QED) is 0.683. The van der Waals surface area contributed by atoms with Crippen LogP contribution < -0.4 is 5.32 Å². The molecule has 0 aliphatic heterocycles. The molecule has 0 saturated heterocycles. The van der Waals surface area contributed by atoms with E-state index < -0.39 is 28.9 Å². The van der Waals surface area contributed by atoms with Gasteiger partial charge in [0.05, 0.1) is 5.56 Å². The van der Waals surface area contributed by atoms with E-state index in [0.717, 1.165) is 39.9 Å². The average Bonchev–Trinajstić information content (AvgIpc) is 3.10. The van der Waals surface area contributed by atoms with Crippen molar-refractivity contribution in [2.24, 2.45) is 0 Å². The number of nitrogens with one attached hydrogen (secondary N) is 2. The van der Waals surface area contributed by atoms with Crippen LogP contribution in [0.15, 0.2) is 30.3 Å². The summed E-state index contributed by atoms with van der Waals surface area (Å²) in [5, 5.41) is 3.82. The fraction of sp³-hybridized carbons (Fsp3) is 0.211. The first-order chi connectivity index (χ1) is 11.9. The Morgan fingerprint density at radius 2 is 1.92 bits per heavy atom. The Balaban J connectivity index is 1.56. The van der Waals surface area contributed by atoms with Gasteiger partial charge in [-0.1, -0.05) is 11.6 Å². The third-order valence-electron chi connectivity index (χ3n) is 4.67. The number of hydrogen-bond acceptors (Lipinski definition) is 1. The van der Waals surface area contributed by atoms with Crippen LogP contribution in [0.2, 0.25) is 0 Å². The molecule has 1 aliphatic carbocycles. The number of aryl methyl sites for hydroxylation is 1. The number of carbonyl (C=O) groups excluding carboxylic acids is 1. The summed E-state index contributed by atoms with van der Waals surface area (Å²) < 4.78 is 40.1. The molecule has 1 unspecified atom stereocenters. The molecule has 0 saturated carbocycles. The van der Waals surface area contributed by atoms with Crippen LogP contribution in [0.1, 0.15) is 27.2 Å². The number of amides is 1. The summed E-state index contributed by atoms with van der Waals surface area (Å²) in [6.07, 6.45) is 1.19. The first-order valence-electron chi connectivity index (χ1n) is 7.98. The third kappa shape index (κ3) is 2.58. The Bertz CT molecular complexity index is 1010. The van der Waals surface area contributed by atoms with Gasteiger partial charge in [0.1, 0.15) is 0 Å². The van der Waals surface area contributed by atoms with E-state index >= 15 is 0 Å². The minimum absolute atomic E-state index is 0.217. The summed E-state index contributed by atoms with van der Waals surface area (Å²) in [4.78, 5) is 15.6. The van der Waals surface area contributed by atoms with Gasteiger partial charge in [-0.05, 0) is 43.2 Å². The Kier molecular flexibility index (Phi) is 3.56. The molecule has 1 atom stereocenters. The fourth-order valence-electron chi connectivity index (χ4n) is 3.46. The van der Waals surface area contributed by atoms with Crippen molar-refractivity contribution >= 4 is 16.8 Å². The summed E-state index contributed by atoms with van der Waals surface area (Å²) in [5.74, 6) is -5.15. The highest BCUT2D eigenvalue weighted by Crippen LogP contribution is 2.31. The van der Waals surface area contributed by atoms with Gasteiger partial charge in [-0.2, -0.15) is 0 Å². The Morgan fingerprint density at radius 1 is 1.12 bits per heavy atom. The van der Waals surface area contributed by atoms with Crippen LogP contribution in [0.4, 0.5) is 13.2 Å². The predicted octanol–water partition coefficient (Wildman–Crippen LogP) is 3.79. The van der Waals surface area contributed by atoms with Gasteiger partial charge in [-0.3, -0.25) is 4.79 Å². The van der Waals surface area contributed by atoms with Crippen molar-refractivity contribution in [3.05, 3.63) is 70.2 Å². The van der Waals surface area contributed by atoms with Crippen molar-refractivity contribution in [2.45, 2.75) is 25.8 Å². The first-order valence-corrected chi connectivity index (χ1v) is 7.98. The lowest BCUT2D eigenvalue weighted by Crippen LogP contribution is -2.36. The minimum Gasteiger partial charge on any atom is -0.358 e. The molecule has 2 aromatic carbocycles. The lowest BCUT2D eigenvalue weighted by Gasteiger charge is -2.13. The van der Waals surface area contributed by atoms with Gasteiger partial charge in [0.15, 0.2) is 17.5 Å². The Morgan fingerprint density at radius 3 is 2.72 bits per heavy atom. The van der Waals surface area contributed by atoms with E-state index in [2.05, 4.69) is 16.4 Å². The molecule has 1 aromatic heterocycles. The van der Waals surface area contributed by atoms with E-state index in [4.69, 9.17) is 0 Å². The minimum atomic E-state index is -1.63. The van der Waals surface area contributed by atoms with Gasteiger partial charge in [-0.15, -0.1) is 0 Å². The number of aromatic nitrogens is 1. The number of benzene rings is 2. The first kappa shape index (κ1) is 15.7. The standard InChI is InChI=1S/C19H15F3N2O/c1-9-2-5-15-12(6-9)13-7-10(8-16(13)24-15)23-19(25)11-3-4-14(20)18(22)17(11)21/h2-6,10,24H,7-8H2,1H3,(H,23,25). The summed E-state index contributed by atoms with van der Waals surface area (Å²) in [7, 11) is 0. The molecule has 1 heterocycles. The maximum atomic E-state index is 13.8. The Labute approximate surface area is 141 Å². The number of H-pyrrole nitrogens is 1. The molecule has 3 nitrogen and oxygen atoms in total. The summed E-state index contributed by atoms with van der Waals surface area (Å²) in [6, 6.07) is 7.62. The molecule has 4 rings (SSSR count). The van der Waals surface area contributed by atoms with Crippen molar-refractivity contribution in [3.8, 4) is 0 Å². The number of rotatable bonds is 2. The van der Waals surface area contributed by atoms with E-state index in [1.54, 1.807) is 0 Å². The third-order valence-corrected chi connectivity index (χ3v) is 4.67. The van der Waals surface area contributed by atoms with Crippen molar-refractivity contribution in [2.75, 3.05) is 0 Å². The number of carbonyl (C=O) groups is 1. The topological polar surface area (TPSA) is 44.9 Å². The largest absolute Gasteiger partial charge is 0.358 e. The van der Waals surface area contributed by atoms with Crippen molar-refractivity contribution in [3.63, 3.8) is 0 Å². The molecular weight excluding hydrogens is 329 g/mol. The maximum Gasteiger partial charge on any atom is 0.254 e. The normalized spacial score (nSPS) is 16.2. The molecule has 128 valence electrons. The van der Waals surface area contributed by atoms with E-state index in [0.29, 0.717) is 12.8 Å². The second-order valence-corrected chi connectivity index (χ2v) is 6.43. The van der Waals surface area contributed by atoms with Gasteiger partial charge in [0, 0.05) is 29.1 Å². The summed E-state index contributed by atoms with van der Waals surface area (Å²) in [6.45, 7) is 2.01. The van der Waals surface area contributed by atoms with Crippen molar-refractivity contribution < 1.29 is 18.0 Å². The molecule has 0 fully saturated rings. The van der Waals surface area contributed by atoms with Gasteiger partial charge >= 0.3 is 0 Å². The molecule has 1 aliphatic rings. The van der Waals surface area contributed by atoms with Gasteiger partial charge in [-0.25, -0.2) is 13.2 Å². The zero-order valence-electron chi connectivity index (χ0n) is 13.4. The van der Waals surface area contributed by atoms with Crippen LogP contribution in [0.3, 0.4) is 0 Å². The molecule has 0 bridgehead atoms. The lowest BCUT2D eigenvalue weighted by molar-refractivity contribution is 0.0933. The zero-order valence-corrected chi connectivity index (χ0v) is 13.4. The molecule has 25 heavy (non-hydrogen) atoms. The highest BCUT2D eigenvalue weighted by Gasteiger charge is 2.28. The smallest absolute Gasteiger partial charge is 0.254 e. The van der Waals surface area contributed by atoms with Gasteiger partial charge in [0.2, 0.25) is 0 Å². The van der Waals surface area contributed by atoms with Crippen LogP contribution in [0.5, 0.6) is 0 Å². The molecular formula is C19H15F3N2O. The number of fused-ring (bicyclic) bond motifs is 3. The van der Waals surface area contributed by atoms with E-state index in [9.17, 15) is 18.0 Å². The highest BCUT2D eigenvalue weighted by molar-refractivity contribution is 5.95. The van der Waals surface area contributed by atoms with E-state index in [-0.39, 0.29) is 6.04 Å². The second-order valence-electron chi connectivity index (χ2n) is 6.43. The van der Waals surface area contributed by atoms with Crippen molar-refractivity contribution in [1.29, 1.82) is 0 Å². The SMILES string of the molecule is Cc1ccc2[nH]c3c(c2c1)CC(NC(=O)c1ccc(F)c(F)c1F)C3. The Hall–Kier alpha value is -2.76. The van der Waals surface area contributed by atoms with Gasteiger partial charge < -0.3 is 10.3 Å².